The fourth-order valence-electron chi connectivity index (χ4n) is 1.39. The van der Waals surface area contributed by atoms with E-state index in [1.54, 1.807) is 11.3 Å². The smallest absolute Gasteiger partial charge is 0.306 e. The maximum absolute atomic E-state index is 10.9. The minimum atomic E-state index is -0.163. The summed E-state index contributed by atoms with van der Waals surface area (Å²) in [5, 5.41) is 5.42. The van der Waals surface area contributed by atoms with Crippen molar-refractivity contribution in [2.45, 2.75) is 25.8 Å². The zero-order chi connectivity index (χ0) is 11.1. The van der Waals surface area contributed by atoms with Crippen molar-refractivity contribution in [2.24, 2.45) is 0 Å². The molecule has 0 fully saturated rings. The summed E-state index contributed by atoms with van der Waals surface area (Å²) in [5.41, 5.74) is 0. The Morgan fingerprint density at radius 1 is 1.67 bits per heavy atom. The van der Waals surface area contributed by atoms with E-state index in [4.69, 9.17) is 0 Å². The van der Waals surface area contributed by atoms with E-state index in [9.17, 15) is 4.79 Å². The molecule has 0 saturated heterocycles. The number of carbonyl (C=O) groups is 1. The molecule has 0 bridgehead atoms. The van der Waals surface area contributed by atoms with E-state index >= 15 is 0 Å². The van der Waals surface area contributed by atoms with Crippen LogP contribution in [0.2, 0.25) is 0 Å². The largest absolute Gasteiger partial charge is 0.469 e. The molecule has 0 radical (unpaired) electrons. The van der Waals surface area contributed by atoms with E-state index < -0.39 is 0 Å². The van der Waals surface area contributed by atoms with Crippen LogP contribution in [-0.2, 0) is 9.53 Å². The first-order chi connectivity index (χ1) is 7.27. The second kappa shape index (κ2) is 6.58. The van der Waals surface area contributed by atoms with Crippen LogP contribution in [-0.4, -0.2) is 19.6 Å². The van der Waals surface area contributed by atoms with Gasteiger partial charge >= 0.3 is 5.97 Å². The van der Waals surface area contributed by atoms with Crippen LogP contribution in [0.4, 0.5) is 0 Å². The Bertz CT molecular complexity index is 285. The van der Waals surface area contributed by atoms with Crippen LogP contribution in [0.1, 0.15) is 30.7 Å². The summed E-state index contributed by atoms with van der Waals surface area (Å²) in [5.74, 6) is -0.163. The molecule has 1 aromatic rings. The Balaban J connectivity index is 2.32. The van der Waals surface area contributed by atoms with Crippen LogP contribution in [0.15, 0.2) is 17.5 Å². The van der Waals surface area contributed by atoms with Gasteiger partial charge in [0.1, 0.15) is 0 Å². The van der Waals surface area contributed by atoms with Crippen molar-refractivity contribution in [3.63, 3.8) is 0 Å². The summed E-state index contributed by atoms with van der Waals surface area (Å²) in [7, 11) is 1.42. The molecule has 0 aliphatic rings. The van der Waals surface area contributed by atoms with Crippen molar-refractivity contribution < 1.29 is 9.53 Å². The fraction of sp³-hybridized carbons (Fsp3) is 0.545. The van der Waals surface area contributed by atoms with Gasteiger partial charge in [-0.3, -0.25) is 4.79 Å². The Hall–Kier alpha value is -0.870. The zero-order valence-corrected chi connectivity index (χ0v) is 9.97. The lowest BCUT2D eigenvalue weighted by atomic mass is 10.2. The first-order valence-corrected chi connectivity index (χ1v) is 5.99. The summed E-state index contributed by atoms with van der Waals surface area (Å²) < 4.78 is 4.58. The Morgan fingerprint density at radius 3 is 3.00 bits per heavy atom. The molecule has 1 aromatic heterocycles. The van der Waals surface area contributed by atoms with E-state index in [1.165, 1.54) is 12.0 Å². The normalized spacial score (nSPS) is 12.4. The van der Waals surface area contributed by atoms with Crippen molar-refractivity contribution in [2.75, 3.05) is 13.7 Å². The summed E-state index contributed by atoms with van der Waals surface area (Å²) >= 11 is 1.74. The van der Waals surface area contributed by atoms with Gasteiger partial charge in [-0.05, 0) is 17.9 Å². The van der Waals surface area contributed by atoms with Gasteiger partial charge < -0.3 is 10.1 Å². The van der Waals surface area contributed by atoms with Gasteiger partial charge in [-0.25, -0.2) is 0 Å². The number of hydrogen-bond acceptors (Lipinski definition) is 4. The molecule has 3 nitrogen and oxygen atoms in total. The average molecular weight is 227 g/mol. The second-order valence-electron chi connectivity index (χ2n) is 3.26. The molecule has 1 N–H and O–H groups in total. The molecular weight excluding hydrogens is 210 g/mol. The van der Waals surface area contributed by atoms with Gasteiger partial charge in [-0.15, -0.1) is 11.3 Å². The van der Waals surface area contributed by atoms with Crippen molar-refractivity contribution in [1.82, 2.24) is 5.32 Å². The minimum Gasteiger partial charge on any atom is -0.469 e. The molecule has 15 heavy (non-hydrogen) atoms. The van der Waals surface area contributed by atoms with Crippen molar-refractivity contribution in [1.29, 1.82) is 0 Å². The fourth-order valence-corrected chi connectivity index (χ4v) is 2.27. The summed E-state index contributed by atoms with van der Waals surface area (Å²) in [4.78, 5) is 12.2. The molecule has 0 aliphatic carbocycles. The topological polar surface area (TPSA) is 38.3 Å². The summed E-state index contributed by atoms with van der Waals surface area (Å²) in [6.45, 7) is 2.80. The van der Waals surface area contributed by atoms with E-state index in [2.05, 4.69) is 28.4 Å². The average Bonchev–Trinajstić information content (AvgIpc) is 2.77. The van der Waals surface area contributed by atoms with E-state index in [1.807, 2.05) is 6.07 Å². The first-order valence-electron chi connectivity index (χ1n) is 5.11. The third-order valence-corrected chi connectivity index (χ3v) is 3.23. The highest BCUT2D eigenvalue weighted by molar-refractivity contribution is 7.10. The maximum atomic E-state index is 10.9. The number of rotatable bonds is 6. The van der Waals surface area contributed by atoms with Crippen LogP contribution in [0, 0.1) is 0 Å². The van der Waals surface area contributed by atoms with Crippen molar-refractivity contribution >= 4 is 17.3 Å². The molecule has 1 atom stereocenters. The van der Waals surface area contributed by atoms with Crippen LogP contribution in [0.5, 0.6) is 0 Å². The monoisotopic (exact) mass is 227 g/mol. The number of thiophene rings is 1. The van der Waals surface area contributed by atoms with Gasteiger partial charge in [-0.1, -0.05) is 13.0 Å². The Morgan fingerprint density at radius 2 is 2.47 bits per heavy atom. The van der Waals surface area contributed by atoms with Crippen LogP contribution >= 0.6 is 11.3 Å². The molecule has 0 aromatic carbocycles. The van der Waals surface area contributed by atoms with Crippen LogP contribution < -0.4 is 5.32 Å². The van der Waals surface area contributed by atoms with E-state index in [-0.39, 0.29) is 5.97 Å². The van der Waals surface area contributed by atoms with Gasteiger partial charge in [0, 0.05) is 17.5 Å². The SMILES string of the molecule is CCC(NCCC(=O)OC)c1cccs1. The lowest BCUT2D eigenvalue weighted by molar-refractivity contribution is -0.140. The number of esters is 1. The predicted molar refractivity (Wildman–Crippen MR) is 62.0 cm³/mol. The van der Waals surface area contributed by atoms with Gasteiger partial charge in [0.2, 0.25) is 0 Å². The number of methoxy groups -OCH3 is 1. The molecule has 0 spiro atoms. The van der Waals surface area contributed by atoms with Gasteiger partial charge in [0.15, 0.2) is 0 Å². The third kappa shape index (κ3) is 4.01. The van der Waals surface area contributed by atoms with Crippen LogP contribution in [0.3, 0.4) is 0 Å². The van der Waals surface area contributed by atoms with E-state index in [0.29, 0.717) is 19.0 Å². The highest BCUT2D eigenvalue weighted by Gasteiger charge is 2.09. The molecule has 4 heteroatoms. The molecule has 1 heterocycles. The van der Waals surface area contributed by atoms with Crippen LogP contribution in [0.25, 0.3) is 0 Å². The number of carbonyl (C=O) groups excluding carboxylic acids is 1. The highest BCUT2D eigenvalue weighted by Crippen LogP contribution is 2.21. The molecule has 1 rings (SSSR count). The molecule has 1 unspecified atom stereocenters. The Labute approximate surface area is 94.5 Å². The molecule has 0 aliphatic heterocycles. The molecule has 0 amide bonds. The predicted octanol–water partition coefficient (Wildman–Crippen LogP) is 2.35. The number of ether oxygens (including phenoxy) is 1. The zero-order valence-electron chi connectivity index (χ0n) is 9.16. The van der Waals surface area contributed by atoms with Crippen molar-refractivity contribution in [3.8, 4) is 0 Å². The lowest BCUT2D eigenvalue weighted by Crippen LogP contribution is -2.23. The van der Waals surface area contributed by atoms with Gasteiger partial charge in [0.05, 0.1) is 13.5 Å². The summed E-state index contributed by atoms with van der Waals surface area (Å²) in [6.07, 6.45) is 1.46. The maximum Gasteiger partial charge on any atom is 0.306 e. The Kier molecular flexibility index (Phi) is 5.36. The number of nitrogens with one attached hydrogen (secondary N) is 1. The molecule has 84 valence electrons. The number of hydrogen-bond donors (Lipinski definition) is 1. The minimum absolute atomic E-state index is 0.163. The lowest BCUT2D eigenvalue weighted by Gasteiger charge is -2.14. The van der Waals surface area contributed by atoms with Gasteiger partial charge in [0.25, 0.3) is 0 Å². The van der Waals surface area contributed by atoms with E-state index in [0.717, 1.165) is 6.42 Å². The molecule has 0 saturated carbocycles. The quantitative estimate of drug-likeness (QED) is 0.758. The third-order valence-electron chi connectivity index (χ3n) is 2.24. The second-order valence-corrected chi connectivity index (χ2v) is 4.24. The van der Waals surface area contributed by atoms with Crippen molar-refractivity contribution in [3.05, 3.63) is 22.4 Å². The standard InChI is InChI=1S/C11H17NO2S/c1-3-9(10-5-4-8-15-10)12-7-6-11(13)14-2/h4-5,8-9,12H,3,6-7H2,1-2H3. The highest BCUT2D eigenvalue weighted by atomic mass is 32.1. The summed E-state index contributed by atoms with van der Waals surface area (Å²) in [6, 6.07) is 4.52. The van der Waals surface area contributed by atoms with Gasteiger partial charge in [-0.2, -0.15) is 0 Å². The first kappa shape index (κ1) is 12.2. The molecular formula is C11H17NO2S.